The van der Waals surface area contributed by atoms with Crippen LogP contribution in [0.4, 0.5) is 0 Å². The Labute approximate surface area is 186 Å². The molecule has 2 aromatic heterocycles. The number of aromatic nitrogens is 2. The van der Waals surface area contributed by atoms with Gasteiger partial charge in [0.1, 0.15) is 25.1 Å². The first-order chi connectivity index (χ1) is 15.2. The molecule has 0 amide bonds. The van der Waals surface area contributed by atoms with E-state index in [1.165, 1.54) is 7.11 Å². The zero-order chi connectivity index (χ0) is 21.6. The quantitative estimate of drug-likeness (QED) is 0.284. The molecule has 7 heteroatoms. The summed E-state index contributed by atoms with van der Waals surface area (Å²) in [7, 11) is 1.53. The molecule has 0 spiro atoms. The molecule has 0 bridgehead atoms. The lowest BCUT2D eigenvalue weighted by Gasteiger charge is -2.19. The second-order valence-electron chi connectivity index (χ2n) is 7.47. The van der Waals surface area contributed by atoms with E-state index >= 15 is 0 Å². The van der Waals surface area contributed by atoms with Crippen LogP contribution in [0.1, 0.15) is 48.8 Å². The average molecular weight is 437 g/mol. The Morgan fingerprint density at radius 3 is 2.84 bits per heavy atom. The number of oxime groups is 2. The highest BCUT2D eigenvalue weighted by atomic mass is 35.5. The van der Waals surface area contributed by atoms with E-state index in [4.69, 9.17) is 26.3 Å². The molecule has 160 valence electrons. The number of benzene rings is 1. The molecule has 0 saturated heterocycles. The normalized spacial score (nSPS) is 15.2. The van der Waals surface area contributed by atoms with E-state index in [1.807, 2.05) is 49.4 Å². The number of pyridine rings is 2. The first-order valence-electron chi connectivity index (χ1n) is 10.5. The third-order valence-electron chi connectivity index (χ3n) is 5.29. The van der Waals surface area contributed by atoms with Crippen LogP contribution < -0.4 is 0 Å². The molecule has 4 rings (SSSR count). The first kappa shape index (κ1) is 21.2. The van der Waals surface area contributed by atoms with Crippen molar-refractivity contribution in [3.63, 3.8) is 0 Å². The van der Waals surface area contributed by atoms with Gasteiger partial charge in [-0.3, -0.25) is 4.98 Å². The van der Waals surface area contributed by atoms with Crippen molar-refractivity contribution in [3.05, 3.63) is 70.1 Å². The number of nitrogens with zero attached hydrogens (tertiary/aromatic N) is 4. The summed E-state index contributed by atoms with van der Waals surface area (Å²) in [6, 6.07) is 13.9. The Kier molecular flexibility index (Phi) is 6.77. The van der Waals surface area contributed by atoms with E-state index < -0.39 is 0 Å². The molecule has 31 heavy (non-hydrogen) atoms. The lowest BCUT2D eigenvalue weighted by molar-refractivity contribution is 0.141. The van der Waals surface area contributed by atoms with Crippen LogP contribution in [0.15, 0.2) is 52.8 Å². The van der Waals surface area contributed by atoms with Crippen LogP contribution in [0.25, 0.3) is 10.9 Å². The second-order valence-corrected chi connectivity index (χ2v) is 7.85. The van der Waals surface area contributed by atoms with E-state index in [9.17, 15) is 0 Å². The van der Waals surface area contributed by atoms with Crippen LogP contribution in [-0.4, -0.2) is 35.1 Å². The molecule has 1 aliphatic rings. The molecule has 0 N–H and O–H groups in total. The molecule has 0 unspecified atom stereocenters. The number of aryl methyl sites for hydroxylation is 1. The largest absolute Gasteiger partial charge is 0.399 e. The standard InChI is InChI=1S/C24H25ClN4O2/c1-16(28-30-2)20-13-5-8-17(26-20)9-7-15-31-29-22-14-6-11-19-23(25)18-10-3-4-12-21(18)27-24(19)22/h3-5,8,10,12-13H,6-7,9,11,14-15H2,1-2H3. The minimum absolute atomic E-state index is 0.511. The SMILES string of the molecule is CON=C(C)c1cccc(CCCON=C2CCCc3c2nc2ccccc2c3Cl)n1. The van der Waals surface area contributed by atoms with Crippen LogP contribution >= 0.6 is 11.6 Å². The summed E-state index contributed by atoms with van der Waals surface area (Å²) >= 11 is 6.67. The second kappa shape index (κ2) is 9.88. The van der Waals surface area contributed by atoms with E-state index in [1.54, 1.807) is 0 Å². The molecular weight excluding hydrogens is 412 g/mol. The highest BCUT2D eigenvalue weighted by Crippen LogP contribution is 2.33. The van der Waals surface area contributed by atoms with Gasteiger partial charge >= 0.3 is 0 Å². The summed E-state index contributed by atoms with van der Waals surface area (Å²) in [5.41, 5.74) is 6.26. The fourth-order valence-electron chi connectivity index (χ4n) is 3.76. The van der Waals surface area contributed by atoms with Gasteiger partial charge in [-0.1, -0.05) is 46.2 Å². The van der Waals surface area contributed by atoms with Crippen molar-refractivity contribution in [2.75, 3.05) is 13.7 Å². The highest BCUT2D eigenvalue weighted by molar-refractivity contribution is 6.36. The van der Waals surface area contributed by atoms with Crippen LogP contribution in [0.5, 0.6) is 0 Å². The van der Waals surface area contributed by atoms with Crippen LogP contribution in [0, 0.1) is 0 Å². The van der Waals surface area contributed by atoms with Crippen molar-refractivity contribution in [1.82, 2.24) is 9.97 Å². The maximum absolute atomic E-state index is 6.67. The van der Waals surface area contributed by atoms with Crippen molar-refractivity contribution in [2.45, 2.75) is 39.0 Å². The minimum atomic E-state index is 0.511. The Bertz CT molecular complexity index is 1140. The van der Waals surface area contributed by atoms with E-state index in [0.717, 1.165) is 82.1 Å². The lowest BCUT2D eigenvalue weighted by atomic mass is 9.93. The highest BCUT2D eigenvalue weighted by Gasteiger charge is 2.22. The van der Waals surface area contributed by atoms with Crippen LogP contribution in [0.2, 0.25) is 5.02 Å². The summed E-state index contributed by atoms with van der Waals surface area (Å²) in [4.78, 5) is 19.9. The van der Waals surface area contributed by atoms with Crippen molar-refractivity contribution in [2.24, 2.45) is 10.3 Å². The van der Waals surface area contributed by atoms with Gasteiger partial charge in [0, 0.05) is 11.1 Å². The summed E-state index contributed by atoms with van der Waals surface area (Å²) < 4.78 is 0. The van der Waals surface area contributed by atoms with Gasteiger partial charge in [-0.25, -0.2) is 4.98 Å². The van der Waals surface area contributed by atoms with Crippen LogP contribution in [0.3, 0.4) is 0 Å². The maximum Gasteiger partial charge on any atom is 0.117 e. The molecular formula is C24H25ClN4O2. The molecule has 1 aliphatic carbocycles. The first-order valence-corrected chi connectivity index (χ1v) is 10.9. The van der Waals surface area contributed by atoms with Crippen molar-refractivity contribution in [3.8, 4) is 0 Å². The Balaban J connectivity index is 1.40. The number of fused-ring (bicyclic) bond motifs is 2. The smallest absolute Gasteiger partial charge is 0.117 e. The topological polar surface area (TPSA) is 69.0 Å². The monoisotopic (exact) mass is 436 g/mol. The summed E-state index contributed by atoms with van der Waals surface area (Å²) in [6.45, 7) is 2.39. The molecule has 0 saturated carbocycles. The van der Waals surface area contributed by atoms with E-state index in [0.29, 0.717) is 6.61 Å². The van der Waals surface area contributed by atoms with Gasteiger partial charge in [0.15, 0.2) is 0 Å². The number of rotatable bonds is 7. The fourth-order valence-corrected chi connectivity index (χ4v) is 4.11. The molecule has 2 heterocycles. The van der Waals surface area contributed by atoms with Gasteiger partial charge in [0.05, 0.1) is 21.9 Å². The molecule has 6 nitrogen and oxygen atoms in total. The molecule has 0 atom stereocenters. The summed E-state index contributed by atoms with van der Waals surface area (Å²) in [5.74, 6) is 0. The molecule has 0 aliphatic heterocycles. The molecule has 3 aromatic rings. The van der Waals surface area contributed by atoms with Crippen molar-refractivity contribution < 1.29 is 9.68 Å². The minimum Gasteiger partial charge on any atom is -0.399 e. The molecule has 0 fully saturated rings. The number of hydrogen-bond donors (Lipinski definition) is 0. The maximum atomic E-state index is 6.67. The summed E-state index contributed by atoms with van der Waals surface area (Å²) in [6.07, 6.45) is 4.36. The van der Waals surface area contributed by atoms with Gasteiger partial charge in [0.25, 0.3) is 0 Å². The summed E-state index contributed by atoms with van der Waals surface area (Å²) in [5, 5.41) is 10.1. The lowest BCUT2D eigenvalue weighted by Crippen LogP contribution is -2.15. The van der Waals surface area contributed by atoms with Gasteiger partial charge in [0.2, 0.25) is 0 Å². The van der Waals surface area contributed by atoms with Gasteiger partial charge < -0.3 is 9.68 Å². The average Bonchev–Trinajstić information content (AvgIpc) is 2.80. The molecule has 0 radical (unpaired) electrons. The molecule has 1 aromatic carbocycles. The predicted octanol–water partition coefficient (Wildman–Crippen LogP) is 5.34. The number of halogens is 1. The Morgan fingerprint density at radius 1 is 1.10 bits per heavy atom. The van der Waals surface area contributed by atoms with Gasteiger partial charge in [-0.15, -0.1) is 0 Å². The number of hydrogen-bond acceptors (Lipinski definition) is 6. The van der Waals surface area contributed by atoms with Crippen LogP contribution in [-0.2, 0) is 22.5 Å². The van der Waals surface area contributed by atoms with Crippen molar-refractivity contribution in [1.29, 1.82) is 0 Å². The van der Waals surface area contributed by atoms with E-state index in [-0.39, 0.29) is 0 Å². The van der Waals surface area contributed by atoms with Crippen molar-refractivity contribution >= 4 is 33.9 Å². The third-order valence-corrected chi connectivity index (χ3v) is 5.72. The number of para-hydroxylation sites is 1. The fraction of sp³-hybridized carbons (Fsp3) is 0.333. The van der Waals surface area contributed by atoms with E-state index in [2.05, 4.69) is 15.3 Å². The zero-order valence-corrected chi connectivity index (χ0v) is 18.5. The van der Waals surface area contributed by atoms with Gasteiger partial charge in [-0.05, 0) is 62.8 Å². The zero-order valence-electron chi connectivity index (χ0n) is 17.8. The predicted molar refractivity (Wildman–Crippen MR) is 124 cm³/mol. The van der Waals surface area contributed by atoms with Gasteiger partial charge in [-0.2, -0.15) is 0 Å². The third kappa shape index (κ3) is 4.85. The Hall–Kier alpha value is -2.99. The Morgan fingerprint density at radius 2 is 1.97 bits per heavy atom.